The second kappa shape index (κ2) is 9.09. The van der Waals surface area contributed by atoms with E-state index < -0.39 is 11.9 Å². The number of hydrogen-bond acceptors (Lipinski definition) is 6. The summed E-state index contributed by atoms with van der Waals surface area (Å²) in [6, 6.07) is 6.65. The SMILES string of the molecule is CCOC(=O)c1ccccc1NC(=O)Cn1cnc2sc3c(c2c1=O)CCC(C(C)(C)C)C3. The number of fused-ring (bicyclic) bond motifs is 3. The topological polar surface area (TPSA) is 90.3 Å². The summed E-state index contributed by atoms with van der Waals surface area (Å²) in [5, 5.41) is 3.37. The van der Waals surface area contributed by atoms with Gasteiger partial charge >= 0.3 is 5.97 Å². The van der Waals surface area contributed by atoms with Crippen molar-refractivity contribution in [2.75, 3.05) is 11.9 Å². The van der Waals surface area contributed by atoms with Crippen LogP contribution >= 0.6 is 11.3 Å². The Morgan fingerprint density at radius 1 is 1.27 bits per heavy atom. The number of anilines is 1. The third-order valence-corrected chi connectivity index (χ3v) is 7.43. The number of aromatic nitrogens is 2. The first kappa shape index (κ1) is 23.2. The maximum absolute atomic E-state index is 13.3. The first-order valence-electron chi connectivity index (χ1n) is 11.2. The number of para-hydroxylation sites is 1. The van der Waals surface area contributed by atoms with Crippen molar-refractivity contribution >= 4 is 39.1 Å². The van der Waals surface area contributed by atoms with Gasteiger partial charge in [0.2, 0.25) is 5.91 Å². The average molecular weight is 468 g/mol. The Morgan fingerprint density at radius 2 is 2.03 bits per heavy atom. The zero-order chi connectivity index (χ0) is 23.8. The molecular formula is C25H29N3O4S. The number of nitrogens with zero attached hydrogens (tertiary/aromatic N) is 2. The molecule has 0 radical (unpaired) electrons. The van der Waals surface area contributed by atoms with Gasteiger partial charge in [0.25, 0.3) is 5.56 Å². The Balaban J connectivity index is 1.57. The first-order chi connectivity index (χ1) is 15.7. The minimum atomic E-state index is -0.507. The second-order valence-electron chi connectivity index (χ2n) is 9.48. The van der Waals surface area contributed by atoms with Crippen molar-refractivity contribution < 1.29 is 14.3 Å². The first-order valence-corrected chi connectivity index (χ1v) is 12.1. The van der Waals surface area contributed by atoms with E-state index in [-0.39, 0.29) is 29.7 Å². The number of carbonyl (C=O) groups is 2. The van der Waals surface area contributed by atoms with Crippen LogP contribution in [-0.4, -0.2) is 28.0 Å². The van der Waals surface area contributed by atoms with Crippen LogP contribution in [-0.2, 0) is 28.9 Å². The normalized spacial score (nSPS) is 15.8. The molecule has 0 bridgehead atoms. The number of esters is 1. The summed E-state index contributed by atoms with van der Waals surface area (Å²) in [6.07, 6.45) is 4.30. The van der Waals surface area contributed by atoms with Gasteiger partial charge in [-0.2, -0.15) is 0 Å². The summed E-state index contributed by atoms with van der Waals surface area (Å²) in [4.78, 5) is 44.6. The molecule has 0 fully saturated rings. The molecule has 8 heteroatoms. The predicted octanol–water partition coefficient (Wildman–Crippen LogP) is 4.42. The summed E-state index contributed by atoms with van der Waals surface area (Å²) in [6.45, 7) is 8.57. The van der Waals surface area contributed by atoms with Crippen molar-refractivity contribution in [1.29, 1.82) is 0 Å². The lowest BCUT2D eigenvalue weighted by atomic mass is 9.72. The lowest BCUT2D eigenvalue weighted by molar-refractivity contribution is -0.116. The molecule has 3 aromatic rings. The van der Waals surface area contributed by atoms with Gasteiger partial charge in [-0.25, -0.2) is 9.78 Å². The molecule has 33 heavy (non-hydrogen) atoms. The summed E-state index contributed by atoms with van der Waals surface area (Å²) >= 11 is 1.60. The van der Waals surface area contributed by atoms with E-state index in [0.29, 0.717) is 17.0 Å². The highest BCUT2D eigenvalue weighted by atomic mass is 32.1. The third kappa shape index (κ3) is 4.71. The van der Waals surface area contributed by atoms with Crippen LogP contribution in [0.2, 0.25) is 0 Å². The molecule has 2 heterocycles. The van der Waals surface area contributed by atoms with Gasteiger partial charge in [0, 0.05) is 4.88 Å². The molecule has 1 unspecified atom stereocenters. The number of carbonyl (C=O) groups excluding carboxylic acids is 2. The highest BCUT2D eigenvalue weighted by molar-refractivity contribution is 7.18. The maximum Gasteiger partial charge on any atom is 0.340 e. The monoisotopic (exact) mass is 467 g/mol. The summed E-state index contributed by atoms with van der Waals surface area (Å²) < 4.78 is 6.39. The minimum Gasteiger partial charge on any atom is -0.462 e. The molecular weight excluding hydrogens is 438 g/mol. The smallest absolute Gasteiger partial charge is 0.340 e. The summed E-state index contributed by atoms with van der Waals surface area (Å²) in [5.41, 5.74) is 1.74. The van der Waals surface area contributed by atoms with Crippen LogP contribution in [0.15, 0.2) is 35.4 Å². The van der Waals surface area contributed by atoms with Gasteiger partial charge < -0.3 is 10.1 Å². The second-order valence-corrected chi connectivity index (χ2v) is 10.6. The molecule has 1 atom stereocenters. The van der Waals surface area contributed by atoms with Crippen LogP contribution in [0.3, 0.4) is 0 Å². The number of aryl methyl sites for hydroxylation is 1. The average Bonchev–Trinajstić information content (AvgIpc) is 3.14. The Kier molecular flexibility index (Phi) is 6.38. The Morgan fingerprint density at radius 3 is 2.76 bits per heavy atom. The van der Waals surface area contributed by atoms with Gasteiger partial charge in [-0.05, 0) is 55.2 Å². The van der Waals surface area contributed by atoms with E-state index in [1.807, 2.05) is 0 Å². The molecule has 1 aromatic carbocycles. The largest absolute Gasteiger partial charge is 0.462 e. The number of nitrogens with one attached hydrogen (secondary N) is 1. The van der Waals surface area contributed by atoms with E-state index in [9.17, 15) is 14.4 Å². The lowest BCUT2D eigenvalue weighted by Gasteiger charge is -2.33. The number of ether oxygens (including phenoxy) is 1. The van der Waals surface area contributed by atoms with Gasteiger partial charge in [0.05, 0.1) is 29.6 Å². The molecule has 0 spiro atoms. The van der Waals surface area contributed by atoms with E-state index in [1.54, 1.807) is 42.5 Å². The molecule has 2 aromatic heterocycles. The minimum absolute atomic E-state index is 0.186. The quantitative estimate of drug-likeness (QED) is 0.561. The van der Waals surface area contributed by atoms with Crippen LogP contribution in [0.1, 0.15) is 54.9 Å². The van der Waals surface area contributed by atoms with Gasteiger partial charge in [-0.1, -0.05) is 32.9 Å². The van der Waals surface area contributed by atoms with Crippen LogP contribution < -0.4 is 10.9 Å². The van der Waals surface area contributed by atoms with Crippen LogP contribution in [0, 0.1) is 11.3 Å². The fraction of sp³-hybridized carbons (Fsp3) is 0.440. The molecule has 1 amide bonds. The van der Waals surface area contributed by atoms with Gasteiger partial charge in [0.15, 0.2) is 0 Å². The van der Waals surface area contributed by atoms with Crippen molar-refractivity contribution in [2.45, 2.75) is 53.5 Å². The number of benzene rings is 1. The summed E-state index contributed by atoms with van der Waals surface area (Å²) in [5.74, 6) is -0.343. The van der Waals surface area contributed by atoms with E-state index in [0.717, 1.165) is 29.7 Å². The number of rotatable bonds is 5. The Bertz CT molecular complexity index is 1270. The third-order valence-electron chi connectivity index (χ3n) is 6.27. The molecule has 1 N–H and O–H groups in total. The van der Waals surface area contributed by atoms with Gasteiger partial charge in [-0.3, -0.25) is 14.2 Å². The van der Waals surface area contributed by atoms with E-state index in [1.165, 1.54) is 15.8 Å². The van der Waals surface area contributed by atoms with E-state index in [2.05, 4.69) is 31.1 Å². The van der Waals surface area contributed by atoms with Crippen LogP contribution in [0.4, 0.5) is 5.69 Å². The maximum atomic E-state index is 13.3. The Hall–Kier alpha value is -3.00. The number of thiophene rings is 1. The molecule has 0 aliphatic heterocycles. The van der Waals surface area contributed by atoms with Crippen molar-refractivity contribution in [3.05, 3.63) is 57.0 Å². The molecule has 0 saturated carbocycles. The van der Waals surface area contributed by atoms with Crippen molar-refractivity contribution in [1.82, 2.24) is 9.55 Å². The molecule has 0 saturated heterocycles. The Labute approximate surface area is 196 Å². The highest BCUT2D eigenvalue weighted by Crippen LogP contribution is 2.41. The molecule has 7 nitrogen and oxygen atoms in total. The van der Waals surface area contributed by atoms with Gasteiger partial charge in [0.1, 0.15) is 11.4 Å². The number of amides is 1. The van der Waals surface area contributed by atoms with E-state index >= 15 is 0 Å². The lowest BCUT2D eigenvalue weighted by Crippen LogP contribution is -2.29. The van der Waals surface area contributed by atoms with Gasteiger partial charge in [-0.15, -0.1) is 11.3 Å². The molecule has 1 aliphatic rings. The van der Waals surface area contributed by atoms with Crippen molar-refractivity contribution in [3.63, 3.8) is 0 Å². The van der Waals surface area contributed by atoms with Crippen molar-refractivity contribution in [2.24, 2.45) is 11.3 Å². The number of hydrogen-bond donors (Lipinski definition) is 1. The summed E-state index contributed by atoms with van der Waals surface area (Å²) in [7, 11) is 0. The standard InChI is InChI=1S/C25H29N3O4S/c1-5-32-24(31)16-8-6-7-9-18(16)27-20(29)13-28-14-26-22-21(23(28)30)17-11-10-15(25(2,3)4)12-19(17)33-22/h6-9,14-15H,5,10-13H2,1-4H3,(H,27,29). The zero-order valence-electron chi connectivity index (χ0n) is 19.4. The van der Waals surface area contributed by atoms with E-state index in [4.69, 9.17) is 4.74 Å². The van der Waals surface area contributed by atoms with Crippen LogP contribution in [0.25, 0.3) is 10.2 Å². The predicted molar refractivity (Wildman–Crippen MR) is 130 cm³/mol. The zero-order valence-corrected chi connectivity index (χ0v) is 20.3. The highest BCUT2D eigenvalue weighted by Gasteiger charge is 2.31. The van der Waals surface area contributed by atoms with Crippen molar-refractivity contribution in [3.8, 4) is 0 Å². The fourth-order valence-corrected chi connectivity index (χ4v) is 5.63. The fourth-order valence-electron chi connectivity index (χ4n) is 4.38. The van der Waals surface area contributed by atoms with Crippen LogP contribution in [0.5, 0.6) is 0 Å². The molecule has 1 aliphatic carbocycles. The molecule has 4 rings (SSSR count). The molecule has 174 valence electrons.